The van der Waals surface area contributed by atoms with E-state index in [-0.39, 0.29) is 12.2 Å². The molecule has 2 heterocycles. The lowest BCUT2D eigenvalue weighted by Crippen LogP contribution is -2.39. The van der Waals surface area contributed by atoms with Gasteiger partial charge in [-0.05, 0) is 97.3 Å². The van der Waals surface area contributed by atoms with Crippen LogP contribution < -0.4 is 24.4 Å². The van der Waals surface area contributed by atoms with Crippen LogP contribution in [0.25, 0.3) is 6.08 Å². The number of aryl methyl sites for hydroxylation is 1. The van der Waals surface area contributed by atoms with Gasteiger partial charge in [0.15, 0.2) is 16.3 Å². The van der Waals surface area contributed by atoms with E-state index in [4.69, 9.17) is 25.8 Å². The molecule has 3 aromatic carbocycles. The van der Waals surface area contributed by atoms with E-state index in [2.05, 4.69) is 27.6 Å². The van der Waals surface area contributed by atoms with Gasteiger partial charge in [-0.15, -0.1) is 0 Å². The SMILES string of the molecule is CCOC(=O)C1=C(C)N=c2s/c(=C\c3cc(I)c(OCc4cccc(Cl)c4)c(OCC)c3)c(=O)n2[C@@H]1c1ccc(C)cc1. The molecule has 0 amide bonds. The number of fused-ring (bicyclic) bond motifs is 1. The van der Waals surface area contributed by atoms with Gasteiger partial charge in [0, 0.05) is 5.02 Å². The first-order valence-corrected chi connectivity index (χ1v) is 16.1. The maximum Gasteiger partial charge on any atom is 0.338 e. The molecule has 5 rings (SSSR count). The van der Waals surface area contributed by atoms with Crippen molar-refractivity contribution >= 4 is 57.6 Å². The van der Waals surface area contributed by atoms with Crippen molar-refractivity contribution in [3.05, 3.63) is 122 Å². The number of hydrogen-bond acceptors (Lipinski definition) is 7. The molecule has 0 bridgehead atoms. The maximum absolute atomic E-state index is 14.0. The molecule has 0 spiro atoms. The highest BCUT2D eigenvalue weighted by atomic mass is 127. The summed E-state index contributed by atoms with van der Waals surface area (Å²) in [5.74, 6) is 0.719. The van der Waals surface area contributed by atoms with Gasteiger partial charge in [0.1, 0.15) is 6.61 Å². The Balaban J connectivity index is 1.58. The number of benzene rings is 3. The Morgan fingerprint density at radius 2 is 1.84 bits per heavy atom. The summed E-state index contributed by atoms with van der Waals surface area (Å²) in [6.07, 6.45) is 1.82. The largest absolute Gasteiger partial charge is 0.490 e. The fourth-order valence-corrected chi connectivity index (χ4v) is 6.90. The number of hydrogen-bond donors (Lipinski definition) is 0. The predicted molar refractivity (Wildman–Crippen MR) is 178 cm³/mol. The van der Waals surface area contributed by atoms with E-state index < -0.39 is 12.0 Å². The number of halogens is 2. The van der Waals surface area contributed by atoms with E-state index in [1.165, 1.54) is 11.3 Å². The van der Waals surface area contributed by atoms with Crippen molar-refractivity contribution < 1.29 is 19.0 Å². The minimum atomic E-state index is -0.653. The summed E-state index contributed by atoms with van der Waals surface area (Å²) >= 11 is 9.64. The molecule has 0 fully saturated rings. The summed E-state index contributed by atoms with van der Waals surface area (Å²) in [4.78, 5) is 32.3. The van der Waals surface area contributed by atoms with Crippen LogP contribution in [0.2, 0.25) is 5.02 Å². The van der Waals surface area contributed by atoms with Crippen molar-refractivity contribution in [3.63, 3.8) is 0 Å². The first kappa shape index (κ1) is 31.0. The molecule has 1 aliphatic heterocycles. The third-order valence-electron chi connectivity index (χ3n) is 6.81. The smallest absolute Gasteiger partial charge is 0.338 e. The van der Waals surface area contributed by atoms with Gasteiger partial charge in [0.25, 0.3) is 5.56 Å². The second-order valence-corrected chi connectivity index (χ2v) is 12.5. The first-order valence-electron chi connectivity index (χ1n) is 13.8. The van der Waals surface area contributed by atoms with E-state index in [1.807, 2.05) is 80.6 Å². The Hall–Kier alpha value is -3.41. The van der Waals surface area contributed by atoms with E-state index >= 15 is 0 Å². The number of ether oxygens (including phenoxy) is 3. The zero-order chi connectivity index (χ0) is 30.7. The topological polar surface area (TPSA) is 79.1 Å². The van der Waals surface area contributed by atoms with Crippen LogP contribution in [0.15, 0.2) is 81.7 Å². The van der Waals surface area contributed by atoms with Gasteiger partial charge in [-0.3, -0.25) is 9.36 Å². The number of carbonyl (C=O) groups excluding carboxylic acids is 1. The average Bonchev–Trinajstić information content (AvgIpc) is 3.26. The molecule has 1 aromatic heterocycles. The summed E-state index contributed by atoms with van der Waals surface area (Å²) in [6, 6.07) is 18.5. The van der Waals surface area contributed by atoms with Gasteiger partial charge in [0.05, 0.1) is 38.6 Å². The molecule has 1 atom stereocenters. The highest BCUT2D eigenvalue weighted by Gasteiger charge is 2.33. The fourth-order valence-electron chi connectivity index (χ4n) is 4.86. The van der Waals surface area contributed by atoms with Gasteiger partial charge < -0.3 is 14.2 Å². The molecule has 0 saturated carbocycles. The van der Waals surface area contributed by atoms with Gasteiger partial charge in [-0.1, -0.05) is 64.9 Å². The summed E-state index contributed by atoms with van der Waals surface area (Å²) in [5, 5.41) is 0.645. The Kier molecular flexibility index (Phi) is 9.73. The molecular formula is C33H30ClIN2O5S. The quantitative estimate of drug-likeness (QED) is 0.149. The minimum absolute atomic E-state index is 0.222. The molecule has 10 heteroatoms. The van der Waals surface area contributed by atoms with Crippen molar-refractivity contribution in [2.24, 2.45) is 4.99 Å². The van der Waals surface area contributed by atoms with E-state index in [9.17, 15) is 9.59 Å². The van der Waals surface area contributed by atoms with E-state index in [1.54, 1.807) is 18.4 Å². The van der Waals surface area contributed by atoms with Gasteiger partial charge in [-0.25, -0.2) is 9.79 Å². The molecule has 1 aliphatic rings. The molecule has 0 radical (unpaired) electrons. The van der Waals surface area contributed by atoms with E-state index in [0.717, 1.165) is 25.8 Å². The first-order chi connectivity index (χ1) is 20.7. The minimum Gasteiger partial charge on any atom is -0.490 e. The van der Waals surface area contributed by atoms with Crippen LogP contribution in [-0.4, -0.2) is 23.8 Å². The number of thiazole rings is 1. The average molecular weight is 729 g/mol. The molecule has 0 N–H and O–H groups in total. The van der Waals surface area contributed by atoms with Crippen molar-refractivity contribution in [2.75, 3.05) is 13.2 Å². The number of rotatable bonds is 9. The van der Waals surface area contributed by atoms with Gasteiger partial charge in [-0.2, -0.15) is 0 Å². The number of allylic oxidation sites excluding steroid dienone is 1. The highest BCUT2D eigenvalue weighted by Crippen LogP contribution is 2.35. The predicted octanol–water partition coefficient (Wildman–Crippen LogP) is 6.34. The lowest BCUT2D eigenvalue weighted by Gasteiger charge is -2.24. The van der Waals surface area contributed by atoms with Crippen LogP contribution in [0.5, 0.6) is 11.5 Å². The molecule has 222 valence electrons. The van der Waals surface area contributed by atoms with Crippen LogP contribution in [-0.2, 0) is 16.1 Å². The normalized spacial score (nSPS) is 14.7. The molecule has 43 heavy (non-hydrogen) atoms. The Labute approximate surface area is 272 Å². The second-order valence-electron chi connectivity index (χ2n) is 9.89. The number of carbonyl (C=O) groups is 1. The van der Waals surface area contributed by atoms with Crippen LogP contribution in [0.4, 0.5) is 0 Å². The summed E-state index contributed by atoms with van der Waals surface area (Å²) in [7, 11) is 0. The third-order valence-corrected chi connectivity index (χ3v) is 8.83. The Morgan fingerprint density at radius 3 is 2.53 bits per heavy atom. The van der Waals surface area contributed by atoms with Gasteiger partial charge >= 0.3 is 5.97 Å². The molecule has 4 aromatic rings. The molecular weight excluding hydrogens is 699 g/mol. The number of nitrogens with zero attached hydrogens (tertiary/aromatic N) is 2. The van der Waals surface area contributed by atoms with Crippen LogP contribution in [0.3, 0.4) is 0 Å². The standard InChI is InChI=1S/C33H30ClIN2O5S/c1-5-40-26-16-22(15-25(35)30(26)42-18-21-8-7-9-24(34)14-21)17-27-31(38)37-29(23-12-10-19(3)11-13-23)28(32(39)41-6-2)20(4)36-33(37)43-27/h7-17,29H,5-6,18H2,1-4H3/b27-17-/t29-/m1/s1. The maximum atomic E-state index is 14.0. The summed E-state index contributed by atoms with van der Waals surface area (Å²) in [6.45, 7) is 8.44. The van der Waals surface area contributed by atoms with Crippen LogP contribution >= 0.6 is 45.5 Å². The molecule has 0 aliphatic carbocycles. The van der Waals surface area contributed by atoms with Crippen LogP contribution in [0, 0.1) is 10.5 Å². The highest BCUT2D eigenvalue weighted by molar-refractivity contribution is 14.1. The van der Waals surface area contributed by atoms with E-state index in [0.29, 0.717) is 50.3 Å². The lowest BCUT2D eigenvalue weighted by atomic mass is 9.95. The zero-order valence-corrected chi connectivity index (χ0v) is 27.9. The van der Waals surface area contributed by atoms with Crippen molar-refractivity contribution in [1.29, 1.82) is 0 Å². The zero-order valence-electron chi connectivity index (χ0n) is 24.1. The Bertz CT molecular complexity index is 1900. The second kappa shape index (κ2) is 13.5. The van der Waals surface area contributed by atoms with Crippen molar-refractivity contribution in [1.82, 2.24) is 4.57 Å². The molecule has 0 saturated heterocycles. The number of esters is 1. The van der Waals surface area contributed by atoms with Crippen molar-refractivity contribution in [3.8, 4) is 11.5 Å². The molecule has 0 unspecified atom stereocenters. The van der Waals surface area contributed by atoms with Gasteiger partial charge in [0.2, 0.25) is 0 Å². The number of aromatic nitrogens is 1. The third kappa shape index (κ3) is 6.73. The fraction of sp³-hybridized carbons (Fsp3) is 0.242. The summed E-state index contributed by atoms with van der Waals surface area (Å²) in [5.41, 5.74) is 4.26. The monoisotopic (exact) mass is 728 g/mol. The van der Waals surface area contributed by atoms with Crippen LogP contribution in [0.1, 0.15) is 49.1 Å². The lowest BCUT2D eigenvalue weighted by molar-refractivity contribution is -0.139. The summed E-state index contributed by atoms with van der Waals surface area (Å²) < 4.78 is 20.4. The molecule has 7 nitrogen and oxygen atoms in total. The Morgan fingerprint density at radius 1 is 1.07 bits per heavy atom. The van der Waals surface area contributed by atoms with Crippen molar-refractivity contribution in [2.45, 2.75) is 40.3 Å².